The van der Waals surface area contributed by atoms with Gasteiger partial charge in [0.15, 0.2) is 0 Å². The van der Waals surface area contributed by atoms with Gasteiger partial charge in [-0.05, 0) is 38.0 Å². The molecule has 3 rings (SSSR count). The van der Waals surface area contributed by atoms with E-state index in [1.54, 1.807) is 25.3 Å². The van der Waals surface area contributed by atoms with Crippen molar-refractivity contribution in [2.45, 2.75) is 19.8 Å². The minimum atomic E-state index is -3.18. The molecule has 2 aromatic rings. The summed E-state index contributed by atoms with van der Waals surface area (Å²) in [5, 5.41) is 5.03. The third-order valence-corrected chi connectivity index (χ3v) is 6.25. The number of rotatable bonds is 3. The number of carbonyl (C=O) groups is 1. The number of sulfonamides is 1. The monoisotopic (exact) mass is 336 g/mol. The highest BCUT2D eigenvalue weighted by Crippen LogP contribution is 2.24. The molecule has 2 N–H and O–H groups in total. The molecular weight excluding hydrogens is 316 g/mol. The Balaban J connectivity index is 1.78. The number of hydrogen-bond acceptors (Lipinski definition) is 5. The van der Waals surface area contributed by atoms with E-state index in [1.807, 2.05) is 6.07 Å². The number of fused-ring (bicyclic) bond motifs is 1. The van der Waals surface area contributed by atoms with Gasteiger partial charge in [-0.15, -0.1) is 0 Å². The van der Waals surface area contributed by atoms with Gasteiger partial charge in [0.2, 0.25) is 10.0 Å². The fourth-order valence-corrected chi connectivity index (χ4v) is 4.08. The molecule has 1 saturated heterocycles. The summed E-state index contributed by atoms with van der Waals surface area (Å²) in [4.78, 5) is 12.7. The Morgan fingerprint density at radius 2 is 2.04 bits per heavy atom. The van der Waals surface area contributed by atoms with Gasteiger partial charge < -0.3 is 5.73 Å². The lowest BCUT2D eigenvalue weighted by atomic mass is 9.97. The molecule has 0 radical (unpaired) electrons. The lowest BCUT2D eigenvalue weighted by Gasteiger charge is -2.30. The molecule has 0 aliphatic carbocycles. The van der Waals surface area contributed by atoms with E-state index in [0.29, 0.717) is 37.1 Å². The fourth-order valence-electron chi connectivity index (χ4n) is 2.95. The van der Waals surface area contributed by atoms with Crippen LogP contribution in [0.1, 0.15) is 24.6 Å². The first-order chi connectivity index (χ1) is 10.9. The molecule has 23 heavy (non-hydrogen) atoms. The zero-order chi connectivity index (χ0) is 16.6. The first kappa shape index (κ1) is 15.9. The summed E-state index contributed by atoms with van der Waals surface area (Å²) in [6.45, 7) is 2.40. The molecule has 0 unspecified atom stereocenters. The van der Waals surface area contributed by atoms with Gasteiger partial charge in [0.05, 0.1) is 17.5 Å². The van der Waals surface area contributed by atoms with Crippen molar-refractivity contribution in [3.8, 4) is 0 Å². The summed E-state index contributed by atoms with van der Waals surface area (Å²) >= 11 is 0. The van der Waals surface area contributed by atoms with E-state index in [4.69, 9.17) is 5.73 Å². The second-order valence-electron chi connectivity index (χ2n) is 5.79. The molecule has 8 heteroatoms. The Hall–Kier alpha value is -1.93. The number of piperidine rings is 1. The van der Waals surface area contributed by atoms with Crippen molar-refractivity contribution in [2.75, 3.05) is 24.6 Å². The lowest BCUT2D eigenvalue weighted by Crippen LogP contribution is -2.41. The first-order valence-corrected chi connectivity index (χ1v) is 9.28. The normalized spacial score (nSPS) is 17.6. The molecule has 0 bridgehead atoms. The molecule has 7 nitrogen and oxygen atoms in total. The number of aromatic nitrogens is 2. The minimum Gasteiger partial charge on any atom is -0.399 e. The van der Waals surface area contributed by atoms with Crippen molar-refractivity contribution in [3.63, 3.8) is 0 Å². The van der Waals surface area contributed by atoms with Gasteiger partial charge in [-0.2, -0.15) is 9.78 Å². The predicted octanol–water partition coefficient (Wildman–Crippen LogP) is 1.32. The SMILES string of the molecule is CCS(=O)(=O)N1CCC(C(=O)n2ncc3ccc(N)cc32)CC1. The molecule has 2 heterocycles. The van der Waals surface area contributed by atoms with E-state index < -0.39 is 10.0 Å². The van der Waals surface area contributed by atoms with E-state index in [0.717, 1.165) is 5.39 Å². The van der Waals surface area contributed by atoms with Crippen LogP contribution in [0, 0.1) is 5.92 Å². The number of nitrogens with two attached hydrogens (primary N) is 1. The van der Waals surface area contributed by atoms with Crippen molar-refractivity contribution in [1.29, 1.82) is 0 Å². The third-order valence-electron chi connectivity index (χ3n) is 4.37. The van der Waals surface area contributed by atoms with E-state index in [2.05, 4.69) is 5.10 Å². The summed E-state index contributed by atoms with van der Waals surface area (Å²) < 4.78 is 26.6. The molecule has 1 aromatic carbocycles. The number of anilines is 1. The average molecular weight is 336 g/mol. The third kappa shape index (κ3) is 2.96. The Morgan fingerprint density at radius 1 is 1.35 bits per heavy atom. The van der Waals surface area contributed by atoms with Gasteiger partial charge in [0.25, 0.3) is 5.91 Å². The van der Waals surface area contributed by atoms with Gasteiger partial charge in [0, 0.05) is 30.1 Å². The van der Waals surface area contributed by atoms with Crippen LogP contribution in [0.2, 0.25) is 0 Å². The average Bonchev–Trinajstić information content (AvgIpc) is 2.97. The van der Waals surface area contributed by atoms with E-state index >= 15 is 0 Å². The molecule has 0 amide bonds. The van der Waals surface area contributed by atoms with Crippen LogP contribution in [0.5, 0.6) is 0 Å². The van der Waals surface area contributed by atoms with Gasteiger partial charge >= 0.3 is 0 Å². The molecule has 1 fully saturated rings. The van der Waals surface area contributed by atoms with Crippen LogP contribution in [-0.2, 0) is 10.0 Å². The number of nitrogens with zero attached hydrogens (tertiary/aromatic N) is 3. The molecule has 0 atom stereocenters. The Kier molecular flexibility index (Phi) is 4.11. The van der Waals surface area contributed by atoms with Crippen LogP contribution >= 0.6 is 0 Å². The van der Waals surface area contributed by atoms with Gasteiger partial charge in [0.1, 0.15) is 0 Å². The molecule has 1 aliphatic heterocycles. The molecular formula is C15H20N4O3S. The topological polar surface area (TPSA) is 98.3 Å². The van der Waals surface area contributed by atoms with Crippen LogP contribution in [0.3, 0.4) is 0 Å². The van der Waals surface area contributed by atoms with E-state index in [-0.39, 0.29) is 17.6 Å². The van der Waals surface area contributed by atoms with Gasteiger partial charge in [-0.25, -0.2) is 12.7 Å². The largest absolute Gasteiger partial charge is 0.399 e. The molecule has 0 saturated carbocycles. The Labute approximate surface area is 135 Å². The predicted molar refractivity (Wildman–Crippen MR) is 88.5 cm³/mol. The maximum absolute atomic E-state index is 12.7. The summed E-state index contributed by atoms with van der Waals surface area (Å²) in [5.74, 6) is -0.226. The highest BCUT2D eigenvalue weighted by molar-refractivity contribution is 7.89. The first-order valence-electron chi connectivity index (χ1n) is 7.67. The van der Waals surface area contributed by atoms with Crippen molar-refractivity contribution < 1.29 is 13.2 Å². The van der Waals surface area contributed by atoms with Gasteiger partial charge in [-0.1, -0.05) is 0 Å². The van der Waals surface area contributed by atoms with Crippen molar-refractivity contribution in [1.82, 2.24) is 14.1 Å². The van der Waals surface area contributed by atoms with Crippen LogP contribution in [0.25, 0.3) is 10.9 Å². The summed E-state index contributed by atoms with van der Waals surface area (Å²) in [7, 11) is -3.18. The highest BCUT2D eigenvalue weighted by atomic mass is 32.2. The summed E-state index contributed by atoms with van der Waals surface area (Å²) in [5.41, 5.74) is 7.06. The zero-order valence-electron chi connectivity index (χ0n) is 13.0. The number of hydrogen-bond donors (Lipinski definition) is 1. The summed E-state index contributed by atoms with van der Waals surface area (Å²) in [6.07, 6.45) is 2.67. The van der Waals surface area contributed by atoms with E-state index in [1.165, 1.54) is 8.99 Å². The van der Waals surface area contributed by atoms with Crippen molar-refractivity contribution >= 4 is 32.5 Å². The van der Waals surface area contributed by atoms with Crippen LogP contribution in [0.15, 0.2) is 24.4 Å². The zero-order valence-corrected chi connectivity index (χ0v) is 13.8. The standard InChI is InChI=1S/C15H20N4O3S/c1-2-23(21,22)18-7-5-11(6-8-18)15(20)19-14-9-13(16)4-3-12(14)10-17-19/h3-4,9-11H,2,5-8,16H2,1H3. The molecule has 1 aromatic heterocycles. The van der Waals surface area contributed by atoms with Crippen molar-refractivity contribution in [2.24, 2.45) is 5.92 Å². The molecule has 0 spiro atoms. The quantitative estimate of drug-likeness (QED) is 0.852. The maximum Gasteiger partial charge on any atom is 0.250 e. The van der Waals surface area contributed by atoms with Crippen LogP contribution < -0.4 is 5.73 Å². The number of nitrogen functional groups attached to an aromatic ring is 1. The second kappa shape index (κ2) is 5.93. The van der Waals surface area contributed by atoms with Crippen molar-refractivity contribution in [3.05, 3.63) is 24.4 Å². The van der Waals surface area contributed by atoms with E-state index in [9.17, 15) is 13.2 Å². The smallest absolute Gasteiger partial charge is 0.250 e. The van der Waals surface area contributed by atoms with Gasteiger partial charge in [-0.3, -0.25) is 4.79 Å². The number of carbonyl (C=O) groups excluding carboxylic acids is 1. The summed E-state index contributed by atoms with van der Waals surface area (Å²) in [6, 6.07) is 5.34. The highest BCUT2D eigenvalue weighted by Gasteiger charge is 2.31. The van der Waals surface area contributed by atoms with Crippen LogP contribution in [-0.4, -0.2) is 47.3 Å². The minimum absolute atomic E-state index is 0.0919. The fraction of sp³-hybridized carbons (Fsp3) is 0.467. The molecule has 1 aliphatic rings. The maximum atomic E-state index is 12.7. The molecule has 124 valence electrons. The Morgan fingerprint density at radius 3 is 2.70 bits per heavy atom. The Bertz CT molecular complexity index is 836. The second-order valence-corrected chi connectivity index (χ2v) is 8.04. The number of benzene rings is 1. The lowest BCUT2D eigenvalue weighted by molar-refractivity contribution is 0.0776. The van der Waals surface area contributed by atoms with Crippen LogP contribution in [0.4, 0.5) is 5.69 Å².